The van der Waals surface area contributed by atoms with Gasteiger partial charge in [-0.15, -0.1) is 4.13 Å². The van der Waals surface area contributed by atoms with E-state index >= 15 is 0 Å². The highest BCUT2D eigenvalue weighted by Crippen LogP contribution is 2.17. The monoisotopic (exact) mass is 327 g/mol. The summed E-state index contributed by atoms with van der Waals surface area (Å²) in [5.74, 6) is 0.472. The van der Waals surface area contributed by atoms with Gasteiger partial charge in [-0.1, -0.05) is 18.2 Å². The van der Waals surface area contributed by atoms with Gasteiger partial charge >= 0.3 is 0 Å². The number of benzene rings is 2. The minimum Gasteiger partial charge on any atom is -0.497 e. The summed E-state index contributed by atoms with van der Waals surface area (Å²) in [6.07, 6.45) is 0. The lowest BCUT2D eigenvalue weighted by atomic mass is 10.3. The normalized spacial score (nSPS) is 12.0. The standard InChI is InChI=1S/C13H13NO5S2/c1-19-11-7-9-13(10-8-11)21(17,18)14-20(15,16)12-5-3-2-4-6-12/h2-10,14H,1H3. The van der Waals surface area contributed by atoms with Crippen LogP contribution in [0.5, 0.6) is 5.75 Å². The number of nitrogens with one attached hydrogen (secondary N) is 1. The molecule has 0 fully saturated rings. The SMILES string of the molecule is COc1ccc(S(=O)(=O)NS(=O)(=O)c2ccccc2)cc1. The van der Waals surface area contributed by atoms with Crippen LogP contribution >= 0.6 is 0 Å². The Morgan fingerprint density at radius 2 is 1.24 bits per heavy atom. The van der Waals surface area contributed by atoms with Crippen LogP contribution in [0.1, 0.15) is 0 Å². The minimum absolute atomic E-state index is 0.123. The summed E-state index contributed by atoms with van der Waals surface area (Å²) in [6.45, 7) is 0. The molecule has 6 nitrogen and oxygen atoms in total. The van der Waals surface area contributed by atoms with Crippen molar-refractivity contribution in [1.29, 1.82) is 0 Å². The summed E-state index contributed by atoms with van der Waals surface area (Å²) in [5.41, 5.74) is 0. The second-order valence-electron chi connectivity index (χ2n) is 4.08. The van der Waals surface area contributed by atoms with Gasteiger partial charge in [-0.2, -0.15) is 0 Å². The minimum atomic E-state index is -4.18. The Morgan fingerprint density at radius 1 is 0.762 bits per heavy atom. The smallest absolute Gasteiger partial charge is 0.253 e. The Labute approximate surface area is 123 Å². The van der Waals surface area contributed by atoms with Crippen molar-refractivity contribution in [3.8, 4) is 5.75 Å². The molecule has 0 saturated heterocycles. The zero-order valence-corrected chi connectivity index (χ0v) is 12.7. The van der Waals surface area contributed by atoms with Crippen molar-refractivity contribution < 1.29 is 21.6 Å². The average molecular weight is 327 g/mol. The van der Waals surface area contributed by atoms with Crippen LogP contribution < -0.4 is 8.86 Å². The number of hydrogen-bond donors (Lipinski definition) is 1. The van der Waals surface area contributed by atoms with Gasteiger partial charge in [-0.25, -0.2) is 16.8 Å². The predicted octanol–water partition coefficient (Wildman–Crippen LogP) is 1.36. The van der Waals surface area contributed by atoms with Crippen LogP contribution in [-0.4, -0.2) is 23.9 Å². The van der Waals surface area contributed by atoms with Gasteiger partial charge in [-0.3, -0.25) is 0 Å². The fourth-order valence-corrected chi connectivity index (χ4v) is 4.53. The summed E-state index contributed by atoms with van der Waals surface area (Å²) in [7, 11) is -6.89. The van der Waals surface area contributed by atoms with Crippen molar-refractivity contribution >= 4 is 20.0 Å². The highest BCUT2D eigenvalue weighted by Gasteiger charge is 2.24. The Morgan fingerprint density at radius 3 is 1.71 bits per heavy atom. The van der Waals surface area contributed by atoms with Crippen molar-refractivity contribution in [3.63, 3.8) is 0 Å². The maximum atomic E-state index is 12.1. The number of rotatable bonds is 5. The van der Waals surface area contributed by atoms with E-state index in [0.717, 1.165) is 0 Å². The van der Waals surface area contributed by atoms with E-state index in [2.05, 4.69) is 0 Å². The Balaban J connectivity index is 2.32. The second kappa shape index (κ2) is 5.84. The van der Waals surface area contributed by atoms with Gasteiger partial charge in [0.1, 0.15) is 5.75 Å². The van der Waals surface area contributed by atoms with Crippen LogP contribution in [-0.2, 0) is 20.0 Å². The van der Waals surface area contributed by atoms with Crippen LogP contribution in [0, 0.1) is 0 Å². The molecule has 0 amide bonds. The summed E-state index contributed by atoms with van der Waals surface area (Å²) in [6, 6.07) is 12.7. The highest BCUT2D eigenvalue weighted by atomic mass is 32.3. The van der Waals surface area contributed by atoms with E-state index < -0.39 is 20.0 Å². The first-order chi connectivity index (χ1) is 9.85. The van der Waals surface area contributed by atoms with Gasteiger partial charge in [0, 0.05) is 0 Å². The van der Waals surface area contributed by atoms with E-state index in [9.17, 15) is 16.8 Å². The van der Waals surface area contributed by atoms with E-state index in [4.69, 9.17) is 4.74 Å². The van der Waals surface area contributed by atoms with Crippen LogP contribution in [0.25, 0.3) is 0 Å². The third-order valence-electron chi connectivity index (χ3n) is 2.64. The fraction of sp³-hybridized carbons (Fsp3) is 0.0769. The Hall–Kier alpha value is -1.90. The molecular weight excluding hydrogens is 314 g/mol. The molecule has 0 unspecified atom stereocenters. The average Bonchev–Trinajstić information content (AvgIpc) is 2.47. The molecular formula is C13H13NO5S2. The van der Waals surface area contributed by atoms with Gasteiger partial charge in [0.2, 0.25) is 0 Å². The van der Waals surface area contributed by atoms with E-state index in [0.29, 0.717) is 5.75 Å². The molecule has 0 bridgehead atoms. The molecule has 1 N–H and O–H groups in total. The van der Waals surface area contributed by atoms with Crippen LogP contribution in [0.15, 0.2) is 64.4 Å². The zero-order valence-electron chi connectivity index (χ0n) is 11.1. The molecule has 0 atom stereocenters. The largest absolute Gasteiger partial charge is 0.497 e. The fourth-order valence-electron chi connectivity index (χ4n) is 1.60. The van der Waals surface area contributed by atoms with Gasteiger partial charge < -0.3 is 4.74 Å². The first-order valence-corrected chi connectivity index (χ1v) is 8.79. The van der Waals surface area contributed by atoms with Gasteiger partial charge in [0.15, 0.2) is 0 Å². The number of sulfonamides is 2. The second-order valence-corrected chi connectivity index (χ2v) is 7.70. The predicted molar refractivity (Wildman–Crippen MR) is 76.9 cm³/mol. The van der Waals surface area contributed by atoms with Crippen molar-refractivity contribution in [2.45, 2.75) is 9.79 Å². The van der Waals surface area contributed by atoms with E-state index in [1.165, 1.54) is 55.6 Å². The number of ether oxygens (including phenoxy) is 1. The lowest BCUT2D eigenvalue weighted by Crippen LogP contribution is -2.30. The maximum absolute atomic E-state index is 12.1. The molecule has 0 aliphatic rings. The number of methoxy groups -OCH3 is 1. The molecule has 0 saturated carbocycles. The molecule has 0 radical (unpaired) electrons. The molecule has 8 heteroatoms. The Kier molecular flexibility index (Phi) is 4.31. The summed E-state index contributed by atoms with van der Waals surface area (Å²) >= 11 is 0. The van der Waals surface area contributed by atoms with Gasteiger partial charge in [0.05, 0.1) is 16.9 Å². The van der Waals surface area contributed by atoms with E-state index in [-0.39, 0.29) is 9.79 Å². The van der Waals surface area contributed by atoms with Crippen molar-refractivity contribution in [1.82, 2.24) is 4.13 Å². The van der Waals surface area contributed by atoms with Crippen LogP contribution in [0.4, 0.5) is 0 Å². The van der Waals surface area contributed by atoms with Gasteiger partial charge in [-0.05, 0) is 36.4 Å². The molecule has 0 heterocycles. The molecule has 2 rings (SSSR count). The first kappa shape index (κ1) is 15.5. The number of hydrogen-bond acceptors (Lipinski definition) is 5. The molecule has 21 heavy (non-hydrogen) atoms. The molecule has 112 valence electrons. The first-order valence-electron chi connectivity index (χ1n) is 5.83. The van der Waals surface area contributed by atoms with Crippen LogP contribution in [0.3, 0.4) is 0 Å². The molecule has 2 aromatic carbocycles. The topological polar surface area (TPSA) is 89.5 Å². The molecule has 0 spiro atoms. The maximum Gasteiger partial charge on any atom is 0.253 e. The van der Waals surface area contributed by atoms with Crippen molar-refractivity contribution in [2.24, 2.45) is 0 Å². The molecule has 0 aliphatic carbocycles. The molecule has 0 aliphatic heterocycles. The quantitative estimate of drug-likeness (QED) is 0.895. The van der Waals surface area contributed by atoms with E-state index in [1.807, 2.05) is 0 Å². The lowest BCUT2D eigenvalue weighted by molar-refractivity contribution is 0.414. The summed E-state index contributed by atoms with van der Waals surface area (Å²) in [4.78, 5) is -0.287. The van der Waals surface area contributed by atoms with Crippen LogP contribution in [0.2, 0.25) is 0 Å². The molecule has 2 aromatic rings. The third-order valence-corrected chi connectivity index (χ3v) is 6.18. The third kappa shape index (κ3) is 3.60. The summed E-state index contributed by atoms with van der Waals surface area (Å²) < 4.78 is 54.9. The lowest BCUT2D eigenvalue weighted by Gasteiger charge is -2.08. The Bertz CT molecular complexity index is 813. The zero-order chi connectivity index (χ0) is 15.5. The highest BCUT2D eigenvalue weighted by molar-refractivity contribution is 8.04. The van der Waals surface area contributed by atoms with E-state index in [1.54, 1.807) is 10.2 Å². The van der Waals surface area contributed by atoms with Crippen molar-refractivity contribution in [3.05, 3.63) is 54.6 Å². The summed E-state index contributed by atoms with van der Waals surface area (Å²) in [5, 5.41) is 0. The van der Waals surface area contributed by atoms with Gasteiger partial charge in [0.25, 0.3) is 20.0 Å². The molecule has 0 aromatic heterocycles. The van der Waals surface area contributed by atoms with Crippen molar-refractivity contribution in [2.75, 3.05) is 7.11 Å².